The fourth-order valence-corrected chi connectivity index (χ4v) is 0.874. The molecule has 0 spiro atoms. The lowest BCUT2D eigenvalue weighted by molar-refractivity contribution is 0.607. The molecule has 0 aliphatic carbocycles. The molecule has 8 heavy (non-hydrogen) atoms. The van der Waals surface area contributed by atoms with E-state index in [1.54, 1.807) is 0 Å². The van der Waals surface area contributed by atoms with Crippen LogP contribution in [0.25, 0.3) is 0 Å². The first-order valence-corrected chi connectivity index (χ1v) is 3.04. The van der Waals surface area contributed by atoms with Crippen molar-refractivity contribution in [3.05, 3.63) is 12.7 Å². The standard InChI is InChI=1S/C7H11N/c1-2-7-3-5-8-6-4-7/h2,5,7H,1,3-4,6H2. The summed E-state index contributed by atoms with van der Waals surface area (Å²) in [5.74, 6) is 0.701. The molecule has 0 N–H and O–H groups in total. The number of nitrogens with zero attached hydrogens (tertiary/aromatic N) is 1. The van der Waals surface area contributed by atoms with Crippen molar-refractivity contribution in [2.45, 2.75) is 12.8 Å². The van der Waals surface area contributed by atoms with Gasteiger partial charge < -0.3 is 0 Å². The summed E-state index contributed by atoms with van der Waals surface area (Å²) in [4.78, 5) is 4.10. The highest BCUT2D eigenvalue weighted by molar-refractivity contribution is 5.58. The van der Waals surface area contributed by atoms with Crippen LogP contribution in [0.5, 0.6) is 0 Å². The van der Waals surface area contributed by atoms with E-state index < -0.39 is 0 Å². The molecule has 0 aromatic carbocycles. The molecule has 0 bridgehead atoms. The molecule has 0 fully saturated rings. The Morgan fingerprint density at radius 3 is 3.00 bits per heavy atom. The maximum absolute atomic E-state index is 4.10. The lowest BCUT2D eigenvalue weighted by Crippen LogP contribution is -2.04. The van der Waals surface area contributed by atoms with Gasteiger partial charge in [0.05, 0.1) is 0 Å². The van der Waals surface area contributed by atoms with Crippen molar-refractivity contribution in [2.75, 3.05) is 6.54 Å². The summed E-state index contributed by atoms with van der Waals surface area (Å²) in [7, 11) is 0. The second-order valence-electron chi connectivity index (χ2n) is 2.11. The smallest absolute Gasteiger partial charge is 0.0391 e. The molecule has 0 radical (unpaired) electrons. The Bertz CT molecular complexity index is 105. The van der Waals surface area contributed by atoms with Crippen LogP contribution in [0.4, 0.5) is 0 Å². The molecule has 0 saturated carbocycles. The monoisotopic (exact) mass is 109 g/mol. The highest BCUT2D eigenvalue weighted by atomic mass is 14.7. The summed E-state index contributed by atoms with van der Waals surface area (Å²) in [5.41, 5.74) is 0. The molecule has 1 nitrogen and oxygen atoms in total. The third kappa shape index (κ3) is 1.19. The van der Waals surface area contributed by atoms with Crippen LogP contribution in [-0.2, 0) is 0 Å². The maximum atomic E-state index is 4.10. The zero-order chi connectivity index (χ0) is 5.82. The maximum Gasteiger partial charge on any atom is 0.0391 e. The topological polar surface area (TPSA) is 12.4 Å². The third-order valence-electron chi connectivity index (χ3n) is 1.50. The predicted octanol–water partition coefficient (Wildman–Crippen LogP) is 1.65. The van der Waals surface area contributed by atoms with Crippen LogP contribution in [-0.4, -0.2) is 12.8 Å². The van der Waals surface area contributed by atoms with Crippen molar-refractivity contribution in [3.8, 4) is 0 Å². The Labute approximate surface area is 50.1 Å². The number of hydrogen-bond donors (Lipinski definition) is 0. The molecule has 0 aromatic heterocycles. The molecule has 1 aliphatic heterocycles. The summed E-state index contributed by atoms with van der Waals surface area (Å²) in [5, 5.41) is 0. The minimum Gasteiger partial charge on any atom is -0.297 e. The van der Waals surface area contributed by atoms with E-state index in [9.17, 15) is 0 Å². The van der Waals surface area contributed by atoms with Gasteiger partial charge in [-0.3, -0.25) is 4.99 Å². The van der Waals surface area contributed by atoms with Gasteiger partial charge in [-0.15, -0.1) is 6.58 Å². The summed E-state index contributed by atoms with van der Waals surface area (Å²) < 4.78 is 0. The van der Waals surface area contributed by atoms with Gasteiger partial charge in [-0.05, 0) is 25.0 Å². The SMILES string of the molecule is C=CC1CC=NCC1. The minimum absolute atomic E-state index is 0.701. The first-order chi connectivity index (χ1) is 3.93. The Morgan fingerprint density at radius 1 is 1.75 bits per heavy atom. The molecule has 1 heterocycles. The molecule has 0 saturated heterocycles. The van der Waals surface area contributed by atoms with Crippen molar-refractivity contribution >= 4 is 6.21 Å². The van der Waals surface area contributed by atoms with Gasteiger partial charge in [-0.1, -0.05) is 6.08 Å². The first kappa shape index (κ1) is 5.54. The van der Waals surface area contributed by atoms with Gasteiger partial charge >= 0.3 is 0 Å². The molecule has 0 amide bonds. The van der Waals surface area contributed by atoms with E-state index in [1.165, 1.54) is 6.42 Å². The molecule has 1 aliphatic rings. The van der Waals surface area contributed by atoms with Crippen LogP contribution in [0.3, 0.4) is 0 Å². The van der Waals surface area contributed by atoms with E-state index in [4.69, 9.17) is 0 Å². The largest absolute Gasteiger partial charge is 0.297 e. The van der Waals surface area contributed by atoms with E-state index in [1.807, 2.05) is 12.3 Å². The van der Waals surface area contributed by atoms with Crippen LogP contribution in [0.1, 0.15) is 12.8 Å². The number of aliphatic imine (C=N–C) groups is 1. The van der Waals surface area contributed by atoms with Crippen LogP contribution in [0.15, 0.2) is 17.6 Å². The Balaban J connectivity index is 2.37. The van der Waals surface area contributed by atoms with E-state index in [0.29, 0.717) is 5.92 Å². The van der Waals surface area contributed by atoms with Gasteiger partial charge in [-0.2, -0.15) is 0 Å². The van der Waals surface area contributed by atoms with Crippen LogP contribution in [0.2, 0.25) is 0 Å². The van der Waals surface area contributed by atoms with Gasteiger partial charge in [0.15, 0.2) is 0 Å². The van der Waals surface area contributed by atoms with E-state index >= 15 is 0 Å². The summed E-state index contributed by atoms with van der Waals surface area (Å²) in [6, 6.07) is 0. The zero-order valence-corrected chi connectivity index (χ0v) is 5.01. The molecule has 1 unspecified atom stereocenters. The molecular weight excluding hydrogens is 98.1 g/mol. The van der Waals surface area contributed by atoms with Gasteiger partial charge in [0.1, 0.15) is 0 Å². The number of allylic oxidation sites excluding steroid dienone is 1. The van der Waals surface area contributed by atoms with Crippen molar-refractivity contribution in [1.29, 1.82) is 0 Å². The van der Waals surface area contributed by atoms with Crippen LogP contribution >= 0.6 is 0 Å². The molecule has 1 heteroatoms. The summed E-state index contributed by atoms with van der Waals surface area (Å²) in [6.07, 6.45) is 6.31. The second-order valence-corrected chi connectivity index (χ2v) is 2.11. The average molecular weight is 109 g/mol. The highest BCUT2D eigenvalue weighted by Gasteiger charge is 2.03. The third-order valence-corrected chi connectivity index (χ3v) is 1.50. The average Bonchev–Trinajstić information content (AvgIpc) is 1.90. The van der Waals surface area contributed by atoms with E-state index in [0.717, 1.165) is 13.0 Å². The molecule has 1 rings (SSSR count). The van der Waals surface area contributed by atoms with Gasteiger partial charge in [0, 0.05) is 6.54 Å². The van der Waals surface area contributed by atoms with Crippen LogP contribution < -0.4 is 0 Å². The first-order valence-electron chi connectivity index (χ1n) is 3.04. The molecule has 44 valence electrons. The Morgan fingerprint density at radius 2 is 2.62 bits per heavy atom. The summed E-state index contributed by atoms with van der Waals surface area (Å²) >= 11 is 0. The molecule has 0 aromatic rings. The fourth-order valence-electron chi connectivity index (χ4n) is 0.874. The van der Waals surface area contributed by atoms with Crippen molar-refractivity contribution in [3.63, 3.8) is 0 Å². The molecule has 1 atom stereocenters. The number of rotatable bonds is 1. The van der Waals surface area contributed by atoms with Gasteiger partial charge in [0.2, 0.25) is 0 Å². The quantitative estimate of drug-likeness (QED) is 0.454. The Kier molecular flexibility index (Phi) is 1.84. The second kappa shape index (κ2) is 2.65. The fraction of sp³-hybridized carbons (Fsp3) is 0.571. The highest BCUT2D eigenvalue weighted by Crippen LogP contribution is 2.11. The molecular formula is C7H11N. The predicted molar refractivity (Wildman–Crippen MR) is 36.3 cm³/mol. The number of hydrogen-bond acceptors (Lipinski definition) is 1. The minimum atomic E-state index is 0.701. The summed E-state index contributed by atoms with van der Waals surface area (Å²) in [6.45, 7) is 4.72. The van der Waals surface area contributed by atoms with E-state index in [-0.39, 0.29) is 0 Å². The van der Waals surface area contributed by atoms with Crippen molar-refractivity contribution in [1.82, 2.24) is 0 Å². The van der Waals surface area contributed by atoms with Crippen molar-refractivity contribution < 1.29 is 0 Å². The Hall–Kier alpha value is -0.590. The van der Waals surface area contributed by atoms with Crippen LogP contribution in [0, 0.1) is 5.92 Å². The normalized spacial score (nSPS) is 27.8. The van der Waals surface area contributed by atoms with Crippen molar-refractivity contribution in [2.24, 2.45) is 10.9 Å². The lowest BCUT2D eigenvalue weighted by Gasteiger charge is -2.10. The van der Waals surface area contributed by atoms with E-state index in [2.05, 4.69) is 11.6 Å². The lowest BCUT2D eigenvalue weighted by atomic mass is 10.0. The van der Waals surface area contributed by atoms with Gasteiger partial charge in [0.25, 0.3) is 0 Å². The van der Waals surface area contributed by atoms with Gasteiger partial charge in [-0.25, -0.2) is 0 Å². The zero-order valence-electron chi connectivity index (χ0n) is 5.01.